The molecule has 0 saturated heterocycles. The summed E-state index contributed by atoms with van der Waals surface area (Å²) in [5, 5.41) is 34.0. The first-order valence-electron chi connectivity index (χ1n) is 14.2. The van der Waals surface area contributed by atoms with Crippen molar-refractivity contribution in [3.8, 4) is 22.6 Å². The van der Waals surface area contributed by atoms with Crippen LogP contribution in [-0.2, 0) is 15.0 Å². The van der Waals surface area contributed by atoms with E-state index < -0.39 is 17.4 Å². The lowest BCUT2D eigenvalue weighted by Crippen LogP contribution is -2.28. The Bertz CT molecular complexity index is 1470. The molecule has 4 N–H and O–H groups in total. The zero-order valence-corrected chi connectivity index (χ0v) is 25.4. The summed E-state index contributed by atoms with van der Waals surface area (Å²) in [6.45, 7) is 9.71. The molecule has 1 aliphatic rings. The fraction of sp³-hybridized carbons (Fsp3) is 0.189. The van der Waals surface area contributed by atoms with Gasteiger partial charge < -0.3 is 29.9 Å². The summed E-state index contributed by atoms with van der Waals surface area (Å²) in [5.41, 5.74) is 7.07. The monoisotopic (exact) mass is 610 g/mol. The number of hydrogen-bond donors (Lipinski definition) is 4. The number of carboxylic acids is 2. The summed E-state index contributed by atoms with van der Waals surface area (Å²) < 4.78 is 11.2. The third-order valence-corrected chi connectivity index (χ3v) is 6.98. The minimum Gasteiger partial charge on any atom is -0.491 e. The molecule has 234 valence electrons. The van der Waals surface area contributed by atoms with Crippen LogP contribution in [0, 0.1) is 0 Å². The number of ether oxygens (including phenoxy) is 2. The van der Waals surface area contributed by atoms with Gasteiger partial charge in [-0.15, -0.1) is 0 Å². The molecule has 0 saturated carbocycles. The third-order valence-electron chi connectivity index (χ3n) is 6.98. The van der Waals surface area contributed by atoms with Gasteiger partial charge in [-0.25, -0.2) is 9.59 Å². The summed E-state index contributed by atoms with van der Waals surface area (Å²) >= 11 is 0. The highest BCUT2D eigenvalue weighted by Gasteiger charge is 2.45. The Hall–Kier alpha value is -5.18. The van der Waals surface area contributed by atoms with Crippen molar-refractivity contribution in [2.24, 2.45) is 0 Å². The van der Waals surface area contributed by atoms with E-state index in [0.717, 1.165) is 22.6 Å². The van der Waals surface area contributed by atoms with Crippen LogP contribution in [0.1, 0.15) is 36.1 Å². The molecule has 0 unspecified atom stereocenters. The van der Waals surface area contributed by atoms with E-state index in [1.54, 1.807) is 0 Å². The number of benzene rings is 4. The zero-order valence-electron chi connectivity index (χ0n) is 25.4. The molecule has 45 heavy (non-hydrogen) atoms. The van der Waals surface area contributed by atoms with Crippen LogP contribution in [0.4, 0.5) is 0 Å². The molecule has 1 aliphatic carbocycles. The fourth-order valence-electron chi connectivity index (χ4n) is 4.95. The van der Waals surface area contributed by atoms with Crippen molar-refractivity contribution in [3.63, 3.8) is 0 Å². The van der Waals surface area contributed by atoms with Crippen molar-refractivity contribution in [2.45, 2.75) is 19.3 Å². The van der Waals surface area contributed by atoms with Gasteiger partial charge in [-0.2, -0.15) is 0 Å². The van der Waals surface area contributed by atoms with Gasteiger partial charge in [-0.3, -0.25) is 0 Å². The van der Waals surface area contributed by atoms with Gasteiger partial charge in [0.2, 0.25) is 0 Å². The largest absolute Gasteiger partial charge is 0.491 e. The lowest BCUT2D eigenvalue weighted by Gasteiger charge is -2.34. The Morgan fingerprint density at radius 1 is 0.600 bits per heavy atom. The number of fused-ring (bicyclic) bond motifs is 3. The van der Waals surface area contributed by atoms with Crippen molar-refractivity contribution in [3.05, 3.63) is 144 Å². The highest BCUT2D eigenvalue weighted by molar-refractivity contribution is 5.86. The fourth-order valence-corrected chi connectivity index (χ4v) is 4.95. The second-order valence-corrected chi connectivity index (χ2v) is 10.2. The molecule has 0 spiro atoms. The van der Waals surface area contributed by atoms with Gasteiger partial charge in [0.15, 0.2) is 0 Å². The van der Waals surface area contributed by atoms with Gasteiger partial charge in [-0.1, -0.05) is 86.0 Å². The summed E-state index contributed by atoms with van der Waals surface area (Å²) in [6, 6.07) is 33.5. The van der Waals surface area contributed by atoms with E-state index in [-0.39, 0.29) is 37.6 Å². The smallest absolute Gasteiger partial charge is 0.330 e. The average Bonchev–Trinajstić information content (AvgIpc) is 3.35. The Morgan fingerprint density at radius 2 is 0.911 bits per heavy atom. The van der Waals surface area contributed by atoms with E-state index in [1.807, 2.05) is 24.3 Å². The molecule has 0 fully saturated rings. The summed E-state index contributed by atoms with van der Waals surface area (Å²) in [4.78, 5) is 19.2. The molecule has 8 nitrogen and oxygen atoms in total. The quantitative estimate of drug-likeness (QED) is 0.140. The van der Waals surface area contributed by atoms with E-state index in [0.29, 0.717) is 0 Å². The molecule has 0 heterocycles. The number of aliphatic hydroxyl groups excluding tert-OH is 2. The minimum absolute atomic E-state index is 0.0167. The number of hydrogen-bond acceptors (Lipinski definition) is 6. The summed E-state index contributed by atoms with van der Waals surface area (Å²) in [7, 11) is 0. The van der Waals surface area contributed by atoms with Gasteiger partial charge in [0.05, 0.1) is 18.6 Å². The van der Waals surface area contributed by atoms with Crippen molar-refractivity contribution in [1.82, 2.24) is 0 Å². The topological polar surface area (TPSA) is 134 Å². The molecule has 5 rings (SSSR count). The number of aliphatic carboxylic acids is 2. The minimum atomic E-state index is -0.935. The van der Waals surface area contributed by atoms with Gasteiger partial charge in [0.25, 0.3) is 0 Å². The zero-order chi connectivity index (χ0) is 33.0. The average molecular weight is 611 g/mol. The molecule has 0 bridgehead atoms. The molecule has 0 atom stereocenters. The number of carbonyl (C=O) groups is 2. The first kappa shape index (κ1) is 34.3. The molecule has 0 aromatic heterocycles. The van der Waals surface area contributed by atoms with Crippen molar-refractivity contribution in [1.29, 1.82) is 0 Å². The molecule has 0 amide bonds. The molecule has 4 aromatic carbocycles. The maximum atomic E-state index is 9.60. The third kappa shape index (κ3) is 8.06. The molecule has 0 aliphatic heterocycles. The van der Waals surface area contributed by atoms with Crippen LogP contribution in [0.3, 0.4) is 0 Å². The van der Waals surface area contributed by atoms with Gasteiger partial charge in [0.1, 0.15) is 24.7 Å². The Labute approximate surface area is 263 Å². The number of aliphatic hydroxyl groups is 2. The Morgan fingerprint density at radius 3 is 1.20 bits per heavy atom. The van der Waals surface area contributed by atoms with Gasteiger partial charge >= 0.3 is 11.9 Å². The number of rotatable bonds is 10. The predicted octanol–water partition coefficient (Wildman–Crippen LogP) is 6.09. The lowest BCUT2D eigenvalue weighted by atomic mass is 9.68. The van der Waals surface area contributed by atoms with Crippen molar-refractivity contribution in [2.75, 3.05) is 26.4 Å². The maximum Gasteiger partial charge on any atom is 0.330 e. The van der Waals surface area contributed by atoms with Crippen molar-refractivity contribution >= 4 is 11.9 Å². The molecular weight excluding hydrogens is 572 g/mol. The Kier molecular flexibility index (Phi) is 12.2. The first-order valence-corrected chi connectivity index (χ1v) is 14.2. The second kappa shape index (κ2) is 16.0. The van der Waals surface area contributed by atoms with Crippen molar-refractivity contribution < 1.29 is 39.5 Å². The van der Waals surface area contributed by atoms with Crippen LogP contribution >= 0.6 is 0 Å². The SMILES string of the molecule is C=C(C)C(=O)O.C=C(C)C(=O)O.OCCOc1ccc(C2(c3ccc(OCCO)cc3)c3ccccc3-c3ccccc32)cc1. The van der Waals surface area contributed by atoms with Crippen LogP contribution in [0.5, 0.6) is 11.5 Å². The van der Waals surface area contributed by atoms with E-state index in [1.165, 1.54) is 36.1 Å². The van der Waals surface area contributed by atoms with Gasteiger partial charge in [0, 0.05) is 11.1 Å². The second-order valence-electron chi connectivity index (χ2n) is 10.2. The molecular formula is C37H38O8. The normalized spacial score (nSPS) is 11.7. The maximum absolute atomic E-state index is 9.60. The predicted molar refractivity (Wildman–Crippen MR) is 174 cm³/mol. The van der Waals surface area contributed by atoms with E-state index in [9.17, 15) is 9.59 Å². The van der Waals surface area contributed by atoms with Crippen LogP contribution in [0.25, 0.3) is 11.1 Å². The van der Waals surface area contributed by atoms with Crippen LogP contribution in [-0.4, -0.2) is 58.8 Å². The van der Waals surface area contributed by atoms with Crippen LogP contribution < -0.4 is 9.47 Å². The Balaban J connectivity index is 0.000000392. The highest BCUT2D eigenvalue weighted by atomic mass is 16.5. The van der Waals surface area contributed by atoms with Crippen LogP contribution in [0.15, 0.2) is 121 Å². The van der Waals surface area contributed by atoms with Crippen LogP contribution in [0.2, 0.25) is 0 Å². The van der Waals surface area contributed by atoms with Gasteiger partial charge in [-0.05, 0) is 71.5 Å². The lowest BCUT2D eigenvalue weighted by molar-refractivity contribution is -0.133. The summed E-state index contributed by atoms with van der Waals surface area (Å²) in [5.74, 6) is -0.407. The molecule has 4 aromatic rings. The molecule has 8 heteroatoms. The molecule has 0 radical (unpaired) electrons. The van der Waals surface area contributed by atoms with E-state index in [4.69, 9.17) is 29.9 Å². The number of carboxylic acid groups (broad SMARTS) is 2. The highest BCUT2D eigenvalue weighted by Crippen LogP contribution is 2.56. The summed E-state index contributed by atoms with van der Waals surface area (Å²) in [6.07, 6.45) is 0. The van der Waals surface area contributed by atoms with E-state index in [2.05, 4.69) is 86.0 Å². The van der Waals surface area contributed by atoms with E-state index >= 15 is 0 Å². The first-order chi connectivity index (χ1) is 21.6. The standard InChI is InChI=1S/C29H26O4.2C4H6O2/c30-17-19-32-23-13-9-21(10-14-23)29(22-11-15-24(16-12-22)33-20-18-31)27-7-3-1-5-25(27)26-6-2-4-8-28(26)29;2*1-3(2)4(5)6/h1-16,30-31H,17-20H2;2*1H2,2H3,(H,5,6).